The van der Waals surface area contributed by atoms with E-state index in [0.717, 1.165) is 35.9 Å². The fraction of sp³-hybridized carbons (Fsp3) is 0.286. The van der Waals surface area contributed by atoms with Gasteiger partial charge >= 0.3 is 6.03 Å². The van der Waals surface area contributed by atoms with Crippen LogP contribution in [0.3, 0.4) is 0 Å². The number of hydrogen-bond donors (Lipinski definition) is 1. The molecule has 2 heterocycles. The van der Waals surface area contributed by atoms with Crippen LogP contribution in [0.2, 0.25) is 0 Å². The molecule has 0 radical (unpaired) electrons. The Balaban J connectivity index is 1.54. The second-order valence-electron chi connectivity index (χ2n) is 6.55. The molecular formula is C21H22N2O2S. The van der Waals surface area contributed by atoms with Gasteiger partial charge in [0.25, 0.3) is 0 Å². The number of carbonyl (C=O) groups excluding carboxylic acids is 1. The number of anilines is 1. The molecule has 0 aliphatic carbocycles. The summed E-state index contributed by atoms with van der Waals surface area (Å²) < 4.78 is 5.75. The molecule has 1 N–H and O–H groups in total. The van der Waals surface area contributed by atoms with Crippen molar-refractivity contribution in [2.75, 3.05) is 18.5 Å². The van der Waals surface area contributed by atoms with Crippen LogP contribution in [-0.4, -0.2) is 30.2 Å². The molecule has 4 rings (SSSR count). The summed E-state index contributed by atoms with van der Waals surface area (Å²) >= 11 is 1.67. The van der Waals surface area contributed by atoms with E-state index in [1.165, 1.54) is 4.88 Å². The van der Waals surface area contributed by atoms with Crippen LogP contribution in [0.4, 0.5) is 10.5 Å². The standard InChI is InChI=1S/C21H22N2O2S/c24-21(22-20-11-3-7-16-6-1-2-10-19(16)20)23(14-17-8-4-12-25-17)15-18-9-5-13-26-18/h1-3,5-7,9-11,13,17H,4,8,12,14-15H2,(H,22,24)/t17-/m0/s1. The van der Waals surface area contributed by atoms with Crippen LogP contribution < -0.4 is 5.32 Å². The molecule has 5 heteroatoms. The minimum atomic E-state index is -0.0785. The summed E-state index contributed by atoms with van der Waals surface area (Å²) in [6.07, 6.45) is 2.22. The molecule has 0 bridgehead atoms. The van der Waals surface area contributed by atoms with Crippen molar-refractivity contribution in [1.82, 2.24) is 4.90 Å². The van der Waals surface area contributed by atoms with Crippen molar-refractivity contribution >= 4 is 33.8 Å². The zero-order valence-electron chi connectivity index (χ0n) is 14.6. The highest BCUT2D eigenvalue weighted by Crippen LogP contribution is 2.24. The zero-order chi connectivity index (χ0) is 17.8. The van der Waals surface area contributed by atoms with Crippen LogP contribution in [-0.2, 0) is 11.3 Å². The summed E-state index contributed by atoms with van der Waals surface area (Å²) in [6, 6.07) is 18.1. The fourth-order valence-electron chi connectivity index (χ4n) is 3.37. The summed E-state index contributed by atoms with van der Waals surface area (Å²) in [5.41, 5.74) is 0.844. The van der Waals surface area contributed by atoms with E-state index in [1.807, 2.05) is 46.7 Å². The number of benzene rings is 2. The molecule has 0 unspecified atom stereocenters. The lowest BCUT2D eigenvalue weighted by Gasteiger charge is -2.25. The first-order valence-corrected chi connectivity index (χ1v) is 9.85. The molecule has 1 aliphatic rings. The Hall–Kier alpha value is -2.37. The Morgan fingerprint density at radius 1 is 1.15 bits per heavy atom. The van der Waals surface area contributed by atoms with Gasteiger partial charge in [-0.25, -0.2) is 4.79 Å². The molecule has 1 fully saturated rings. The lowest BCUT2D eigenvalue weighted by molar-refractivity contribution is 0.0821. The third-order valence-corrected chi connectivity index (χ3v) is 5.55. The Kier molecular flexibility index (Phi) is 5.18. The summed E-state index contributed by atoms with van der Waals surface area (Å²) in [5, 5.41) is 7.32. The second kappa shape index (κ2) is 7.89. The minimum Gasteiger partial charge on any atom is -0.376 e. The number of amides is 2. The van der Waals surface area contributed by atoms with E-state index in [1.54, 1.807) is 11.3 Å². The number of thiophene rings is 1. The molecule has 0 saturated carbocycles. The maximum Gasteiger partial charge on any atom is 0.322 e. The van der Waals surface area contributed by atoms with Crippen LogP contribution in [0.15, 0.2) is 60.0 Å². The Bertz CT molecular complexity index is 867. The molecule has 0 spiro atoms. The molecule has 1 saturated heterocycles. The average molecular weight is 366 g/mol. The van der Waals surface area contributed by atoms with Gasteiger partial charge < -0.3 is 15.0 Å². The molecule has 1 atom stereocenters. The quantitative estimate of drug-likeness (QED) is 0.681. The van der Waals surface area contributed by atoms with E-state index in [4.69, 9.17) is 4.74 Å². The fourth-order valence-corrected chi connectivity index (χ4v) is 4.09. The van der Waals surface area contributed by atoms with E-state index >= 15 is 0 Å². The normalized spacial score (nSPS) is 16.7. The first kappa shape index (κ1) is 17.1. The van der Waals surface area contributed by atoms with Gasteiger partial charge in [0.05, 0.1) is 18.3 Å². The van der Waals surface area contributed by atoms with Crippen molar-refractivity contribution in [3.05, 3.63) is 64.9 Å². The average Bonchev–Trinajstić information content (AvgIpc) is 3.35. The minimum absolute atomic E-state index is 0.0785. The SMILES string of the molecule is O=C(Nc1cccc2ccccc12)N(Cc1cccs1)C[C@@H]1CCCO1. The molecule has 134 valence electrons. The first-order valence-electron chi connectivity index (χ1n) is 8.97. The summed E-state index contributed by atoms with van der Waals surface area (Å²) in [6.45, 7) is 2.02. The molecule has 26 heavy (non-hydrogen) atoms. The number of urea groups is 1. The number of ether oxygens (including phenoxy) is 1. The van der Waals surface area contributed by atoms with Gasteiger partial charge in [-0.2, -0.15) is 0 Å². The molecular weight excluding hydrogens is 344 g/mol. The van der Waals surface area contributed by atoms with Crippen LogP contribution in [0.25, 0.3) is 10.8 Å². The van der Waals surface area contributed by atoms with Crippen molar-refractivity contribution in [1.29, 1.82) is 0 Å². The monoisotopic (exact) mass is 366 g/mol. The topological polar surface area (TPSA) is 41.6 Å². The molecule has 1 aliphatic heterocycles. The van der Waals surface area contributed by atoms with Gasteiger partial charge in [-0.15, -0.1) is 11.3 Å². The molecule has 3 aromatic rings. The first-order chi connectivity index (χ1) is 12.8. The lowest BCUT2D eigenvalue weighted by atomic mass is 10.1. The smallest absolute Gasteiger partial charge is 0.322 e. The van der Waals surface area contributed by atoms with Crippen molar-refractivity contribution < 1.29 is 9.53 Å². The Morgan fingerprint density at radius 2 is 2.04 bits per heavy atom. The predicted octanol–water partition coefficient (Wildman–Crippen LogP) is 5.11. The van der Waals surface area contributed by atoms with Crippen molar-refractivity contribution in [3.63, 3.8) is 0 Å². The van der Waals surface area contributed by atoms with E-state index in [2.05, 4.69) is 23.5 Å². The van der Waals surface area contributed by atoms with Crippen molar-refractivity contribution in [2.45, 2.75) is 25.5 Å². The number of carbonyl (C=O) groups is 1. The summed E-state index contributed by atoms with van der Waals surface area (Å²) in [5.74, 6) is 0. The van der Waals surface area contributed by atoms with Gasteiger partial charge in [-0.3, -0.25) is 0 Å². The van der Waals surface area contributed by atoms with Gasteiger partial charge in [0, 0.05) is 23.4 Å². The largest absolute Gasteiger partial charge is 0.376 e. The van der Waals surface area contributed by atoms with Gasteiger partial charge in [0.15, 0.2) is 0 Å². The van der Waals surface area contributed by atoms with Crippen LogP contribution >= 0.6 is 11.3 Å². The maximum atomic E-state index is 13.0. The highest BCUT2D eigenvalue weighted by atomic mass is 32.1. The van der Waals surface area contributed by atoms with E-state index < -0.39 is 0 Å². The molecule has 1 aromatic heterocycles. The summed E-state index contributed by atoms with van der Waals surface area (Å²) in [7, 11) is 0. The highest BCUT2D eigenvalue weighted by Gasteiger charge is 2.23. The van der Waals surface area contributed by atoms with Crippen molar-refractivity contribution in [3.8, 4) is 0 Å². The number of fused-ring (bicyclic) bond motifs is 1. The van der Waals surface area contributed by atoms with E-state index in [-0.39, 0.29) is 12.1 Å². The van der Waals surface area contributed by atoms with E-state index in [9.17, 15) is 4.79 Å². The third-order valence-electron chi connectivity index (χ3n) is 4.69. The maximum absolute atomic E-state index is 13.0. The zero-order valence-corrected chi connectivity index (χ0v) is 15.4. The molecule has 2 aromatic carbocycles. The number of nitrogens with zero attached hydrogens (tertiary/aromatic N) is 1. The van der Waals surface area contributed by atoms with Gasteiger partial charge in [0.1, 0.15) is 0 Å². The van der Waals surface area contributed by atoms with Crippen LogP contribution in [0.5, 0.6) is 0 Å². The van der Waals surface area contributed by atoms with Crippen LogP contribution in [0, 0.1) is 0 Å². The second-order valence-corrected chi connectivity index (χ2v) is 7.58. The molecule has 4 nitrogen and oxygen atoms in total. The third kappa shape index (κ3) is 3.89. The number of nitrogens with one attached hydrogen (secondary N) is 1. The Morgan fingerprint density at radius 3 is 2.85 bits per heavy atom. The van der Waals surface area contributed by atoms with E-state index in [0.29, 0.717) is 13.1 Å². The van der Waals surface area contributed by atoms with Gasteiger partial charge in [0.2, 0.25) is 0 Å². The van der Waals surface area contributed by atoms with Gasteiger partial charge in [-0.1, -0.05) is 42.5 Å². The summed E-state index contributed by atoms with van der Waals surface area (Å²) in [4.78, 5) is 16.1. The Labute approximate surface area is 157 Å². The van der Waals surface area contributed by atoms with Gasteiger partial charge in [-0.05, 0) is 35.7 Å². The van der Waals surface area contributed by atoms with Crippen LogP contribution in [0.1, 0.15) is 17.7 Å². The molecule has 2 amide bonds. The highest BCUT2D eigenvalue weighted by molar-refractivity contribution is 7.09. The lowest BCUT2D eigenvalue weighted by Crippen LogP contribution is -2.39. The number of rotatable bonds is 5. The predicted molar refractivity (Wildman–Crippen MR) is 107 cm³/mol. The number of hydrogen-bond acceptors (Lipinski definition) is 3. The van der Waals surface area contributed by atoms with Crippen molar-refractivity contribution in [2.24, 2.45) is 0 Å².